The van der Waals surface area contributed by atoms with Crippen molar-refractivity contribution in [3.63, 3.8) is 0 Å². The van der Waals surface area contributed by atoms with Gasteiger partial charge in [0.1, 0.15) is 0 Å². The van der Waals surface area contributed by atoms with E-state index in [1.54, 1.807) is 0 Å². The summed E-state index contributed by atoms with van der Waals surface area (Å²) in [6.07, 6.45) is 0. The Morgan fingerprint density at radius 1 is 0.396 bits per heavy atom. The van der Waals surface area contributed by atoms with E-state index in [1.165, 1.54) is 49.5 Å². The molecule has 0 aliphatic carbocycles. The third-order valence-electron chi connectivity index (χ3n) is 8.65. The lowest BCUT2D eigenvalue weighted by Crippen LogP contribution is -2.11. The second-order valence-corrected chi connectivity index (χ2v) is 12.1. The highest BCUT2D eigenvalue weighted by Gasteiger charge is 2.17. The van der Waals surface area contributed by atoms with Gasteiger partial charge in [0, 0.05) is 28.1 Å². The summed E-state index contributed by atoms with van der Waals surface area (Å²) in [6.45, 7) is 4.31. The summed E-state index contributed by atoms with van der Waals surface area (Å²) in [5, 5.41) is 8.59. The molecule has 0 bridgehead atoms. The van der Waals surface area contributed by atoms with Gasteiger partial charge in [0.25, 0.3) is 0 Å². The highest BCUT2D eigenvalue weighted by Crippen LogP contribution is 2.41. The van der Waals surface area contributed by atoms with Gasteiger partial charge in [-0.15, -0.1) is 0 Å². The second-order valence-electron chi connectivity index (χ2n) is 12.1. The molecule has 0 atom stereocenters. The van der Waals surface area contributed by atoms with Gasteiger partial charge in [-0.3, -0.25) is 0 Å². The van der Waals surface area contributed by atoms with E-state index in [2.05, 4.69) is 194 Å². The first-order valence-corrected chi connectivity index (χ1v) is 16.4. The molecule has 2 nitrogen and oxygen atoms in total. The number of hydrogen-bond donors (Lipinski definition) is 1. The van der Waals surface area contributed by atoms with E-state index in [0.717, 1.165) is 22.7 Å². The van der Waals surface area contributed by atoms with Gasteiger partial charge in [0.05, 0.1) is 5.69 Å². The monoisotopic (exact) mass is 618 g/mol. The molecular weight excluding hydrogens is 581 g/mol. The van der Waals surface area contributed by atoms with Gasteiger partial charge in [-0.05, 0) is 95.2 Å². The lowest BCUT2D eigenvalue weighted by atomic mass is 10.0. The fourth-order valence-electron chi connectivity index (χ4n) is 6.19. The zero-order valence-corrected chi connectivity index (χ0v) is 27.3. The first-order valence-electron chi connectivity index (χ1n) is 16.4. The molecule has 0 aromatic heterocycles. The number of fused-ring (bicyclic) bond motifs is 2. The molecule has 0 saturated carbocycles. The highest BCUT2D eigenvalue weighted by molar-refractivity contribution is 6.00. The molecule has 0 aliphatic heterocycles. The summed E-state index contributed by atoms with van der Waals surface area (Å²) in [4.78, 5) is 2.37. The molecular formula is C46H38N2. The van der Waals surface area contributed by atoms with E-state index in [1.807, 2.05) is 18.2 Å². The van der Waals surface area contributed by atoms with Crippen LogP contribution in [0.15, 0.2) is 188 Å². The molecule has 48 heavy (non-hydrogen) atoms. The summed E-state index contributed by atoms with van der Waals surface area (Å²) in [5.41, 5.74) is 10.6. The average Bonchev–Trinajstić information content (AvgIpc) is 3.14. The van der Waals surface area contributed by atoms with E-state index in [9.17, 15) is 0 Å². The van der Waals surface area contributed by atoms with E-state index < -0.39 is 0 Å². The van der Waals surface area contributed by atoms with Crippen LogP contribution >= 0.6 is 0 Å². The van der Waals surface area contributed by atoms with Gasteiger partial charge in [-0.1, -0.05) is 145 Å². The number of benzene rings is 8. The Morgan fingerprint density at radius 2 is 0.917 bits per heavy atom. The Bertz CT molecular complexity index is 2260. The minimum Gasteiger partial charge on any atom is -0.356 e. The first-order chi connectivity index (χ1) is 23.6. The largest absolute Gasteiger partial charge is 0.356 e. The van der Waals surface area contributed by atoms with Gasteiger partial charge in [0.15, 0.2) is 0 Å². The summed E-state index contributed by atoms with van der Waals surface area (Å²) >= 11 is 0. The van der Waals surface area contributed by atoms with Crippen LogP contribution in [0.5, 0.6) is 0 Å². The maximum absolute atomic E-state index is 3.46. The molecule has 0 heterocycles. The SMILES string of the molecule is Cc1ccc2ccccc2c1.Cc1ccc2ccccc2c1N(c1ccccc1)c1ccc(-c2ccc(Nc3ccccc3)cc2)cc1. The van der Waals surface area contributed by atoms with Crippen LogP contribution in [0.3, 0.4) is 0 Å². The van der Waals surface area contributed by atoms with Crippen molar-refractivity contribution in [3.05, 3.63) is 199 Å². The Balaban J connectivity index is 0.000000280. The summed E-state index contributed by atoms with van der Waals surface area (Å²) < 4.78 is 0. The van der Waals surface area contributed by atoms with Crippen LogP contribution < -0.4 is 10.2 Å². The quantitative estimate of drug-likeness (QED) is 0.199. The van der Waals surface area contributed by atoms with E-state index in [-0.39, 0.29) is 0 Å². The second kappa shape index (κ2) is 14.1. The first kappa shape index (κ1) is 30.5. The number of anilines is 5. The predicted molar refractivity (Wildman–Crippen MR) is 207 cm³/mol. The number of nitrogens with one attached hydrogen (secondary N) is 1. The molecule has 0 saturated heterocycles. The molecule has 0 unspecified atom stereocenters. The number of aryl methyl sites for hydroxylation is 2. The Labute approximate surface area is 283 Å². The van der Waals surface area contributed by atoms with Crippen LogP contribution in [0, 0.1) is 13.8 Å². The number of para-hydroxylation sites is 2. The molecule has 0 amide bonds. The van der Waals surface area contributed by atoms with Crippen molar-refractivity contribution < 1.29 is 0 Å². The van der Waals surface area contributed by atoms with Crippen LogP contribution in [-0.2, 0) is 0 Å². The number of nitrogens with zero attached hydrogens (tertiary/aromatic N) is 1. The maximum Gasteiger partial charge on any atom is 0.0569 e. The van der Waals surface area contributed by atoms with Crippen LogP contribution in [0.4, 0.5) is 28.4 Å². The summed E-state index contributed by atoms with van der Waals surface area (Å²) in [5.74, 6) is 0. The molecule has 8 aromatic carbocycles. The third kappa shape index (κ3) is 6.84. The van der Waals surface area contributed by atoms with Crippen molar-refractivity contribution in [1.82, 2.24) is 0 Å². The topological polar surface area (TPSA) is 15.3 Å². The fraction of sp³-hybridized carbons (Fsp3) is 0.0435. The Morgan fingerprint density at radius 3 is 1.62 bits per heavy atom. The van der Waals surface area contributed by atoms with Crippen molar-refractivity contribution in [1.29, 1.82) is 0 Å². The van der Waals surface area contributed by atoms with Gasteiger partial charge in [0.2, 0.25) is 0 Å². The standard InChI is InChI=1S/C35H28N2.C11H10/c1-26-16-17-29-10-8-9-15-34(29)35(26)37(32-13-6-3-7-14-32)33-24-20-28(21-25-33)27-18-22-31(23-19-27)36-30-11-4-2-5-12-30;1-9-6-7-10-4-2-3-5-11(10)8-9/h2-25,36H,1H3;2-8H,1H3. The minimum absolute atomic E-state index is 1.08. The molecule has 1 N–H and O–H groups in total. The normalized spacial score (nSPS) is 10.7. The number of rotatable bonds is 6. The molecule has 0 spiro atoms. The van der Waals surface area contributed by atoms with Crippen molar-refractivity contribution in [2.24, 2.45) is 0 Å². The van der Waals surface area contributed by atoms with Gasteiger partial charge >= 0.3 is 0 Å². The van der Waals surface area contributed by atoms with Crippen molar-refractivity contribution in [3.8, 4) is 11.1 Å². The average molecular weight is 619 g/mol. The molecule has 8 rings (SSSR count). The van der Waals surface area contributed by atoms with E-state index >= 15 is 0 Å². The third-order valence-corrected chi connectivity index (χ3v) is 8.65. The summed E-state index contributed by atoms with van der Waals surface area (Å²) in [7, 11) is 0. The van der Waals surface area contributed by atoms with Crippen molar-refractivity contribution in [2.45, 2.75) is 13.8 Å². The molecule has 0 radical (unpaired) electrons. The van der Waals surface area contributed by atoms with Crippen molar-refractivity contribution >= 4 is 50.0 Å². The molecule has 232 valence electrons. The molecule has 8 aromatic rings. The predicted octanol–water partition coefficient (Wildman–Crippen LogP) is 13.2. The van der Waals surface area contributed by atoms with Crippen LogP contribution in [0.25, 0.3) is 32.7 Å². The Kier molecular flexibility index (Phi) is 8.97. The van der Waals surface area contributed by atoms with Crippen molar-refractivity contribution in [2.75, 3.05) is 10.2 Å². The van der Waals surface area contributed by atoms with Gasteiger partial charge in [-0.2, -0.15) is 0 Å². The number of hydrogen-bond acceptors (Lipinski definition) is 2. The zero-order valence-electron chi connectivity index (χ0n) is 27.3. The molecule has 0 aliphatic rings. The maximum atomic E-state index is 3.46. The lowest BCUT2D eigenvalue weighted by Gasteiger charge is -2.28. The van der Waals surface area contributed by atoms with Crippen LogP contribution in [-0.4, -0.2) is 0 Å². The van der Waals surface area contributed by atoms with Gasteiger partial charge < -0.3 is 10.2 Å². The molecule has 2 heteroatoms. The Hall–Kier alpha value is -6.12. The van der Waals surface area contributed by atoms with Gasteiger partial charge in [-0.25, -0.2) is 0 Å². The highest BCUT2D eigenvalue weighted by atomic mass is 15.1. The smallest absolute Gasteiger partial charge is 0.0569 e. The van der Waals surface area contributed by atoms with E-state index in [0.29, 0.717) is 0 Å². The fourth-order valence-corrected chi connectivity index (χ4v) is 6.19. The molecule has 0 fully saturated rings. The van der Waals surface area contributed by atoms with Crippen LogP contribution in [0.2, 0.25) is 0 Å². The minimum atomic E-state index is 1.08. The van der Waals surface area contributed by atoms with Crippen LogP contribution in [0.1, 0.15) is 11.1 Å². The zero-order chi connectivity index (χ0) is 32.7. The lowest BCUT2D eigenvalue weighted by molar-refractivity contribution is 1.27. The van der Waals surface area contributed by atoms with E-state index in [4.69, 9.17) is 0 Å². The summed E-state index contributed by atoms with van der Waals surface area (Å²) in [6, 6.07) is 66.3.